The number of aromatic nitrogens is 5. The van der Waals surface area contributed by atoms with Crippen LogP contribution in [0.15, 0.2) is 61.4 Å². The first-order chi connectivity index (χ1) is 15.7. The van der Waals surface area contributed by atoms with Crippen molar-refractivity contribution in [3.8, 4) is 28.4 Å². The molecule has 5 rings (SSSR count). The van der Waals surface area contributed by atoms with E-state index in [4.69, 9.17) is 21.3 Å². The van der Waals surface area contributed by atoms with Crippen molar-refractivity contribution in [2.24, 2.45) is 0 Å². The van der Waals surface area contributed by atoms with Crippen molar-refractivity contribution in [1.82, 2.24) is 29.8 Å². The Balaban J connectivity index is 1.29. The molecule has 0 spiro atoms. The zero-order valence-corrected chi connectivity index (χ0v) is 18.3. The van der Waals surface area contributed by atoms with E-state index in [9.17, 15) is 0 Å². The minimum Gasteiger partial charge on any atom is -0.496 e. The van der Waals surface area contributed by atoms with Crippen molar-refractivity contribution in [3.63, 3.8) is 0 Å². The fourth-order valence-corrected chi connectivity index (χ4v) is 4.05. The van der Waals surface area contributed by atoms with Gasteiger partial charge in [-0.2, -0.15) is 0 Å². The van der Waals surface area contributed by atoms with Gasteiger partial charge in [-0.1, -0.05) is 17.7 Å². The van der Waals surface area contributed by atoms with Crippen LogP contribution in [-0.4, -0.2) is 43.5 Å². The fraction of sp³-hybridized carbons (Fsp3) is 0.208. The molecule has 1 aliphatic rings. The predicted molar refractivity (Wildman–Crippen MR) is 122 cm³/mol. The third-order valence-corrected chi connectivity index (χ3v) is 5.74. The number of halogens is 1. The topological polar surface area (TPSA) is 76.9 Å². The molecule has 0 aliphatic carbocycles. The number of fused-ring (bicyclic) bond motifs is 1. The molecule has 4 aromatic rings. The summed E-state index contributed by atoms with van der Waals surface area (Å²) in [4.78, 5) is 24.4. The summed E-state index contributed by atoms with van der Waals surface area (Å²) in [7, 11) is 1.65. The number of methoxy groups -OCH3 is 1. The monoisotopic (exact) mass is 444 g/mol. The van der Waals surface area contributed by atoms with Crippen LogP contribution in [0.25, 0.3) is 22.6 Å². The molecule has 160 valence electrons. The lowest BCUT2D eigenvalue weighted by Crippen LogP contribution is -2.31. The molecule has 0 N–H and O–H groups in total. The number of hydrogen-bond donors (Lipinski definition) is 0. The summed E-state index contributed by atoms with van der Waals surface area (Å²) < 4.78 is 5.45. The summed E-state index contributed by atoms with van der Waals surface area (Å²) in [6.07, 6.45) is 9.69. The van der Waals surface area contributed by atoms with Crippen LogP contribution in [-0.2, 0) is 19.5 Å². The van der Waals surface area contributed by atoms with Crippen molar-refractivity contribution < 1.29 is 4.74 Å². The van der Waals surface area contributed by atoms with Crippen LogP contribution < -0.4 is 4.74 Å². The molecule has 0 amide bonds. The number of rotatable bonds is 5. The molecule has 1 aliphatic heterocycles. The summed E-state index contributed by atoms with van der Waals surface area (Å²) in [5.41, 5.74) is 5.96. The molecule has 0 radical (unpaired) electrons. The Morgan fingerprint density at radius 2 is 1.91 bits per heavy atom. The second-order valence-electron chi connectivity index (χ2n) is 7.65. The van der Waals surface area contributed by atoms with Gasteiger partial charge < -0.3 is 4.74 Å². The molecule has 1 aromatic carbocycles. The van der Waals surface area contributed by atoms with Crippen molar-refractivity contribution in [2.75, 3.05) is 13.7 Å². The minimum atomic E-state index is 0.656. The molecule has 0 saturated carbocycles. The smallest absolute Gasteiger partial charge is 0.162 e. The summed E-state index contributed by atoms with van der Waals surface area (Å²) in [5.74, 6) is 1.43. The van der Waals surface area contributed by atoms with E-state index in [0.29, 0.717) is 10.8 Å². The summed E-state index contributed by atoms with van der Waals surface area (Å²) in [6, 6.07) is 9.66. The van der Waals surface area contributed by atoms with E-state index in [2.05, 4.69) is 30.9 Å². The molecule has 0 fully saturated rings. The molecule has 0 saturated heterocycles. The van der Waals surface area contributed by atoms with Crippen LogP contribution in [0.5, 0.6) is 5.75 Å². The summed E-state index contributed by atoms with van der Waals surface area (Å²) in [6.45, 7) is 2.55. The lowest BCUT2D eigenvalue weighted by molar-refractivity contribution is 0.242. The molecule has 7 nitrogen and oxygen atoms in total. The highest BCUT2D eigenvalue weighted by Crippen LogP contribution is 2.31. The van der Waals surface area contributed by atoms with E-state index in [1.54, 1.807) is 19.5 Å². The molecule has 3 aromatic heterocycles. The second-order valence-corrected chi connectivity index (χ2v) is 8.09. The second kappa shape index (κ2) is 8.98. The van der Waals surface area contributed by atoms with E-state index in [-0.39, 0.29) is 0 Å². The maximum absolute atomic E-state index is 6.16. The molecular weight excluding hydrogens is 424 g/mol. The first-order valence-corrected chi connectivity index (χ1v) is 10.7. The van der Waals surface area contributed by atoms with Crippen LogP contribution in [0.3, 0.4) is 0 Å². The standard InChI is InChI=1S/C24H21ClN6O/c1-32-23-5-3-19(25)8-20(23)22-4-2-16(9-28-22)13-31-7-6-21-18(14-31)12-29-24(30-21)17-10-26-15-27-11-17/h2-5,8-12,15H,6-7,13-14H2,1H3. The normalized spacial score (nSPS) is 13.6. The van der Waals surface area contributed by atoms with E-state index in [0.717, 1.165) is 65.4 Å². The van der Waals surface area contributed by atoms with Crippen LogP contribution in [0.2, 0.25) is 5.02 Å². The van der Waals surface area contributed by atoms with Crippen molar-refractivity contribution in [2.45, 2.75) is 19.5 Å². The molecule has 0 bridgehead atoms. The number of nitrogens with zero attached hydrogens (tertiary/aromatic N) is 6. The zero-order valence-electron chi connectivity index (χ0n) is 17.6. The third-order valence-electron chi connectivity index (χ3n) is 5.50. The van der Waals surface area contributed by atoms with Crippen LogP contribution in [0.4, 0.5) is 0 Å². The highest BCUT2D eigenvalue weighted by atomic mass is 35.5. The number of pyridine rings is 1. The van der Waals surface area contributed by atoms with Gasteiger partial charge in [0.25, 0.3) is 0 Å². The van der Waals surface area contributed by atoms with Crippen LogP contribution in [0, 0.1) is 0 Å². The first-order valence-electron chi connectivity index (χ1n) is 10.3. The third kappa shape index (κ3) is 4.30. The highest BCUT2D eigenvalue weighted by Gasteiger charge is 2.19. The lowest BCUT2D eigenvalue weighted by atomic mass is 10.1. The van der Waals surface area contributed by atoms with Gasteiger partial charge in [-0.25, -0.2) is 19.9 Å². The van der Waals surface area contributed by atoms with Crippen LogP contribution >= 0.6 is 11.6 Å². The Kier molecular flexibility index (Phi) is 5.75. The predicted octanol–water partition coefficient (Wildman–Crippen LogP) is 4.22. The Morgan fingerprint density at radius 1 is 1.03 bits per heavy atom. The van der Waals surface area contributed by atoms with Gasteiger partial charge in [-0.05, 0) is 29.8 Å². The minimum absolute atomic E-state index is 0.656. The van der Waals surface area contributed by atoms with Gasteiger partial charge in [0.05, 0.1) is 24.1 Å². The van der Waals surface area contributed by atoms with Crippen molar-refractivity contribution in [3.05, 3.63) is 83.3 Å². The Morgan fingerprint density at radius 3 is 2.69 bits per heavy atom. The van der Waals surface area contributed by atoms with Crippen molar-refractivity contribution >= 4 is 11.6 Å². The Bertz CT molecular complexity index is 1230. The van der Waals surface area contributed by atoms with E-state index >= 15 is 0 Å². The average Bonchev–Trinajstić information content (AvgIpc) is 2.85. The summed E-state index contributed by atoms with van der Waals surface area (Å²) in [5, 5.41) is 0.656. The molecule has 0 atom stereocenters. The molecule has 4 heterocycles. The van der Waals surface area contributed by atoms with E-state index in [1.807, 2.05) is 36.7 Å². The highest BCUT2D eigenvalue weighted by molar-refractivity contribution is 6.30. The summed E-state index contributed by atoms with van der Waals surface area (Å²) >= 11 is 6.16. The van der Waals surface area contributed by atoms with Gasteiger partial charge in [0.15, 0.2) is 5.82 Å². The average molecular weight is 445 g/mol. The quantitative estimate of drug-likeness (QED) is 0.456. The molecule has 0 unspecified atom stereocenters. The maximum atomic E-state index is 6.16. The first kappa shape index (κ1) is 20.5. The number of hydrogen-bond acceptors (Lipinski definition) is 7. The fourth-order valence-electron chi connectivity index (χ4n) is 3.88. The van der Waals surface area contributed by atoms with Crippen molar-refractivity contribution in [1.29, 1.82) is 0 Å². The molecular formula is C24H21ClN6O. The maximum Gasteiger partial charge on any atom is 0.162 e. The Labute approximate surface area is 191 Å². The molecule has 32 heavy (non-hydrogen) atoms. The van der Waals surface area contributed by atoms with Gasteiger partial charge in [0.2, 0.25) is 0 Å². The SMILES string of the molecule is COc1ccc(Cl)cc1-c1ccc(CN2CCc3nc(-c4cncnc4)ncc3C2)cn1. The number of benzene rings is 1. The molecule has 8 heteroatoms. The van der Waals surface area contributed by atoms with Gasteiger partial charge >= 0.3 is 0 Å². The Hall–Kier alpha value is -3.42. The lowest BCUT2D eigenvalue weighted by Gasteiger charge is -2.28. The zero-order chi connectivity index (χ0) is 21.9. The van der Waals surface area contributed by atoms with Gasteiger partial charge in [-0.15, -0.1) is 0 Å². The van der Waals surface area contributed by atoms with E-state index in [1.165, 1.54) is 6.33 Å². The van der Waals surface area contributed by atoms with Crippen LogP contribution in [0.1, 0.15) is 16.8 Å². The van der Waals surface area contributed by atoms with Gasteiger partial charge in [0.1, 0.15) is 12.1 Å². The number of ether oxygens (including phenoxy) is 1. The largest absolute Gasteiger partial charge is 0.496 e. The van der Waals surface area contributed by atoms with Gasteiger partial charge in [-0.3, -0.25) is 9.88 Å². The van der Waals surface area contributed by atoms with E-state index < -0.39 is 0 Å². The van der Waals surface area contributed by atoms with Gasteiger partial charge in [0, 0.05) is 67.0 Å².